The molecule has 0 aromatic heterocycles. The average Bonchev–Trinajstić information content (AvgIpc) is 2.86. The van der Waals surface area contributed by atoms with Crippen LogP contribution in [-0.2, 0) is 38.0 Å². The Morgan fingerprint density at radius 3 is 1.36 bits per heavy atom. The Morgan fingerprint density at radius 2 is 0.909 bits per heavy atom. The topological polar surface area (TPSA) is 0 Å². The predicted octanol–water partition coefficient (Wildman–Crippen LogP) is 8.29. The first-order valence-electron chi connectivity index (χ1n) is 15.1. The van der Waals surface area contributed by atoms with Crippen LogP contribution >= 0.6 is 0 Å². The van der Waals surface area contributed by atoms with Gasteiger partial charge in [0.1, 0.15) is 0 Å². The third-order valence-electron chi connectivity index (χ3n) is 5.51. The number of aryl methyl sites for hydroxylation is 4. The summed E-state index contributed by atoms with van der Waals surface area (Å²) in [7, 11) is 0.0208. The van der Waals surface area contributed by atoms with E-state index < -0.39 is 18.7 Å². The fourth-order valence-electron chi connectivity index (χ4n) is 3.81. The molecule has 0 aliphatic carbocycles. The minimum absolute atomic E-state index is 0.0208. The van der Waals surface area contributed by atoms with Gasteiger partial charge in [0.05, 0.1) is 0 Å². The molecule has 3 aromatic rings. The van der Waals surface area contributed by atoms with Crippen LogP contribution in [0.25, 0.3) is 0 Å². The van der Waals surface area contributed by atoms with Crippen molar-refractivity contribution in [1.29, 1.82) is 0 Å². The first kappa shape index (κ1) is 18.2. The number of rotatable bonds is 9. The molecule has 0 saturated carbocycles. The molecule has 0 fully saturated rings. The van der Waals surface area contributed by atoms with E-state index in [0.717, 1.165) is 28.7 Å². The molecule has 0 atom stereocenters. The molecule has 0 saturated heterocycles. The first-order chi connectivity index (χ1) is 17.9. The van der Waals surface area contributed by atoms with Gasteiger partial charge in [-0.15, -0.1) is 0 Å². The molecule has 0 amide bonds. The van der Waals surface area contributed by atoms with Crippen LogP contribution in [0.2, 0.25) is 5.04 Å². The second-order valence-corrected chi connectivity index (χ2v) is 11.9. The largest absolute Gasteiger partial charge is 0.0630 e. The van der Waals surface area contributed by atoms with Gasteiger partial charge in [-0.3, -0.25) is 0 Å². The van der Waals surface area contributed by atoms with Gasteiger partial charge in [-0.25, -0.2) is 0 Å². The highest BCUT2D eigenvalue weighted by Gasteiger charge is 2.12. The van der Waals surface area contributed by atoms with Gasteiger partial charge in [0, 0.05) is 17.7 Å². The molecule has 0 unspecified atom stereocenters. The van der Waals surface area contributed by atoms with E-state index in [1.54, 1.807) is 12.1 Å². The van der Waals surface area contributed by atoms with E-state index in [-0.39, 0.29) is 14.6 Å². The van der Waals surface area contributed by atoms with Crippen LogP contribution in [0.1, 0.15) is 99.8 Å². The molecule has 3 aromatic carbocycles. The number of hydrogen-bond donors (Lipinski definition) is 0. The van der Waals surface area contributed by atoms with Crippen LogP contribution in [-0.4, -0.2) is 9.52 Å². The maximum Gasteiger partial charge on any atom is 0.0494 e. The molecular weight excluding hydrogens is 412 g/mol. The van der Waals surface area contributed by atoms with E-state index in [4.69, 9.17) is 5.48 Å². The Hall–Kier alpha value is -2.12. The van der Waals surface area contributed by atoms with Crippen molar-refractivity contribution in [1.82, 2.24) is 0 Å². The number of benzene rings is 3. The molecular formula is C32H42Si. The van der Waals surface area contributed by atoms with Gasteiger partial charge in [-0.1, -0.05) is 107 Å². The van der Waals surface area contributed by atoms with Gasteiger partial charge in [-0.2, -0.15) is 0 Å². The Bertz CT molecular complexity index is 1320. The van der Waals surface area contributed by atoms with Gasteiger partial charge in [0.25, 0.3) is 0 Å². The van der Waals surface area contributed by atoms with Gasteiger partial charge < -0.3 is 0 Å². The molecule has 0 N–H and O–H groups in total. The summed E-state index contributed by atoms with van der Waals surface area (Å²) < 4.78 is 54.4. The Morgan fingerprint density at radius 1 is 0.576 bits per heavy atom. The zero-order valence-electron chi connectivity index (χ0n) is 27.3. The summed E-state index contributed by atoms with van der Waals surface area (Å²) in [5, 5.41) is -0.200. The van der Waals surface area contributed by atoms with Crippen molar-refractivity contribution in [2.45, 2.75) is 91.5 Å². The fraction of sp³-hybridized carbons (Fsp3) is 0.438. The summed E-state index contributed by atoms with van der Waals surface area (Å²) >= 11 is 0. The quantitative estimate of drug-likeness (QED) is 0.282. The molecule has 0 spiro atoms. The smallest absolute Gasteiger partial charge is 0.0494 e. The summed E-state index contributed by atoms with van der Waals surface area (Å²) in [6.07, 6.45) is -1.60. The van der Waals surface area contributed by atoms with Gasteiger partial charge >= 0.3 is 0 Å². The molecule has 0 heterocycles. The molecule has 1 heteroatoms. The Labute approximate surface area is 214 Å². The fourth-order valence-corrected chi connectivity index (χ4v) is 4.48. The highest BCUT2D eigenvalue weighted by molar-refractivity contribution is 6.39. The molecule has 0 aliphatic rings. The Balaban J connectivity index is 2.18. The van der Waals surface area contributed by atoms with Gasteiger partial charge in [0.2, 0.25) is 0 Å². The lowest BCUT2D eigenvalue weighted by molar-refractivity contribution is 0.749. The first-order valence-corrected chi connectivity index (χ1v) is 13.1. The van der Waals surface area contributed by atoms with E-state index in [0.29, 0.717) is 40.7 Å². The van der Waals surface area contributed by atoms with Crippen LogP contribution in [0, 0.1) is 6.92 Å². The Kier molecular flexibility index (Phi) is 6.27. The van der Waals surface area contributed by atoms with Crippen molar-refractivity contribution < 1.29 is 8.22 Å². The maximum atomic E-state index is 9.26. The average molecular weight is 461 g/mol. The van der Waals surface area contributed by atoms with Gasteiger partial charge in [-0.05, 0) is 88.9 Å². The summed E-state index contributed by atoms with van der Waals surface area (Å²) in [6, 6.07) is 16.6. The second-order valence-electron chi connectivity index (χ2n) is 9.86. The van der Waals surface area contributed by atoms with Crippen LogP contribution < -0.4 is 0 Å². The third-order valence-corrected chi connectivity index (χ3v) is 6.67. The van der Waals surface area contributed by atoms with Crippen molar-refractivity contribution in [2.75, 3.05) is 0 Å². The van der Waals surface area contributed by atoms with Crippen LogP contribution in [0.5, 0.6) is 0 Å². The molecule has 3 rings (SSSR count). The molecule has 33 heavy (non-hydrogen) atoms. The maximum absolute atomic E-state index is 9.26. The van der Waals surface area contributed by atoms with Crippen molar-refractivity contribution in [3.63, 3.8) is 0 Å². The van der Waals surface area contributed by atoms with E-state index in [2.05, 4.69) is 13.0 Å². The van der Waals surface area contributed by atoms with Gasteiger partial charge in [0.15, 0.2) is 0 Å². The lowest BCUT2D eigenvalue weighted by atomic mass is 9.93. The molecule has 2 radical (unpaired) electrons. The minimum atomic E-state index is -1.93. The van der Waals surface area contributed by atoms with Crippen LogP contribution in [0.4, 0.5) is 0 Å². The van der Waals surface area contributed by atoms with Crippen molar-refractivity contribution >= 4 is 9.52 Å². The normalized spacial score (nSPS) is 15.7. The van der Waals surface area contributed by atoms with E-state index in [1.807, 2.05) is 77.9 Å². The van der Waals surface area contributed by atoms with Crippen molar-refractivity contribution in [3.8, 4) is 0 Å². The number of hydrogen-bond acceptors (Lipinski definition) is 0. The summed E-state index contributed by atoms with van der Waals surface area (Å²) in [6.45, 7) is 14.1. The lowest BCUT2D eigenvalue weighted by Crippen LogP contribution is -2.11. The summed E-state index contributed by atoms with van der Waals surface area (Å²) in [5.74, 6) is -1.58. The molecule has 0 bridgehead atoms. The minimum Gasteiger partial charge on any atom is -0.0630 e. The highest BCUT2D eigenvalue weighted by Crippen LogP contribution is 2.24. The SMILES string of the molecule is [2H]C([2H])([Si]C(C)(C)C)c1cc(CC)cc(C([2H])([2H])c2cc(CC)cc(C([2H])([2H])c3cc(C)cc(CC)c3)c2)c1. The molecule has 174 valence electrons. The van der Waals surface area contributed by atoms with Crippen LogP contribution in [0.15, 0.2) is 54.6 Å². The zero-order chi connectivity index (χ0) is 29.4. The summed E-state index contributed by atoms with van der Waals surface area (Å²) in [4.78, 5) is 0. The lowest BCUT2D eigenvalue weighted by Gasteiger charge is -2.17. The predicted molar refractivity (Wildman–Crippen MR) is 147 cm³/mol. The van der Waals surface area contributed by atoms with Crippen LogP contribution in [0.3, 0.4) is 0 Å². The highest BCUT2D eigenvalue weighted by atomic mass is 28.2. The molecule has 0 aliphatic heterocycles. The van der Waals surface area contributed by atoms with E-state index in [1.165, 1.54) is 0 Å². The standard InChI is InChI=1S/C32H42Si/c1-8-24-11-23(4)12-27(13-24)18-28-14-25(9-2)15-29(19-28)20-30-16-26(10-3)17-31(21-30)22-33-32(5,6)7/h11-17,19,21H,8-10,18,20,22H2,1-7H3/i18D2,20D2,22D2. The van der Waals surface area contributed by atoms with Crippen molar-refractivity contribution in [3.05, 3.63) is 105 Å². The van der Waals surface area contributed by atoms with E-state index in [9.17, 15) is 2.74 Å². The van der Waals surface area contributed by atoms with Crippen molar-refractivity contribution in [2.24, 2.45) is 0 Å². The molecule has 0 nitrogen and oxygen atoms in total. The van der Waals surface area contributed by atoms with E-state index >= 15 is 0 Å². The zero-order valence-corrected chi connectivity index (χ0v) is 22.3. The third kappa shape index (κ3) is 8.00. The second kappa shape index (κ2) is 11.3. The monoisotopic (exact) mass is 460 g/mol. The summed E-state index contributed by atoms with van der Waals surface area (Å²) in [5.41, 5.74) is 6.15.